The highest BCUT2D eigenvalue weighted by molar-refractivity contribution is 7.81. The second-order valence-electron chi connectivity index (χ2n) is 5.15. The van der Waals surface area contributed by atoms with E-state index in [4.69, 9.17) is 4.74 Å². The number of aliphatic hydroxyl groups excluding tert-OH is 1. The molecule has 2 heterocycles. The Labute approximate surface area is 123 Å². The Bertz CT molecular complexity index is 404. The normalized spacial score (nSPS) is 29.6. The van der Waals surface area contributed by atoms with Crippen molar-refractivity contribution in [1.82, 2.24) is 9.80 Å². The Morgan fingerprint density at radius 3 is 2.80 bits per heavy atom. The van der Waals surface area contributed by atoms with Gasteiger partial charge in [0.15, 0.2) is 0 Å². The van der Waals surface area contributed by atoms with E-state index in [2.05, 4.69) is 19.2 Å². The predicted octanol–water partition coefficient (Wildman–Crippen LogP) is 0.275. The molecule has 0 aliphatic carbocycles. The van der Waals surface area contributed by atoms with Crippen molar-refractivity contribution in [3.63, 3.8) is 0 Å². The van der Waals surface area contributed by atoms with Crippen molar-refractivity contribution in [2.75, 3.05) is 26.2 Å². The number of ether oxygens (including phenoxy) is 1. The van der Waals surface area contributed by atoms with Crippen LogP contribution < -0.4 is 0 Å². The minimum absolute atomic E-state index is 0.0345. The highest BCUT2D eigenvalue weighted by atomic mass is 32.1. The van der Waals surface area contributed by atoms with E-state index >= 15 is 0 Å². The molecule has 0 aromatic heterocycles. The van der Waals surface area contributed by atoms with E-state index < -0.39 is 18.2 Å². The summed E-state index contributed by atoms with van der Waals surface area (Å²) in [5.41, 5.74) is 0. The summed E-state index contributed by atoms with van der Waals surface area (Å²) in [4.78, 5) is 27.4. The Hall–Kier alpha value is -1.21. The molecule has 0 radical (unpaired) electrons. The van der Waals surface area contributed by atoms with Crippen LogP contribution >= 0.6 is 12.6 Å². The standard InChI is InChI=1S/C13H20N2O4S/c1-2-5-19-13(18)15-8-10(20)6-11(15)12(17)14-4-3-9(16)7-14/h2,9-11,16,20H,1,3-8H2/t9?,10-,11-/m0/s1. The zero-order valence-electron chi connectivity index (χ0n) is 11.3. The third-order valence-corrected chi connectivity index (χ3v) is 3.97. The van der Waals surface area contributed by atoms with Crippen molar-refractivity contribution in [2.24, 2.45) is 0 Å². The van der Waals surface area contributed by atoms with E-state index in [-0.39, 0.29) is 17.8 Å². The fraction of sp³-hybridized carbons (Fsp3) is 0.692. The molecule has 0 bridgehead atoms. The molecular weight excluding hydrogens is 280 g/mol. The molecule has 2 aliphatic rings. The third-order valence-electron chi connectivity index (χ3n) is 3.60. The quantitative estimate of drug-likeness (QED) is 0.580. The monoisotopic (exact) mass is 300 g/mol. The van der Waals surface area contributed by atoms with Crippen LogP contribution in [0.15, 0.2) is 12.7 Å². The number of thiol groups is 1. The Morgan fingerprint density at radius 2 is 2.20 bits per heavy atom. The van der Waals surface area contributed by atoms with Crippen LogP contribution in [-0.2, 0) is 9.53 Å². The average molecular weight is 300 g/mol. The second kappa shape index (κ2) is 6.49. The number of nitrogens with zero attached hydrogens (tertiary/aromatic N) is 2. The van der Waals surface area contributed by atoms with Gasteiger partial charge in [0.2, 0.25) is 5.91 Å². The average Bonchev–Trinajstić information content (AvgIpc) is 3.01. The van der Waals surface area contributed by atoms with Crippen LogP contribution in [0, 0.1) is 0 Å². The lowest BCUT2D eigenvalue weighted by Gasteiger charge is -2.26. The van der Waals surface area contributed by atoms with Crippen molar-refractivity contribution in [2.45, 2.75) is 30.2 Å². The second-order valence-corrected chi connectivity index (χ2v) is 5.88. The van der Waals surface area contributed by atoms with Crippen LogP contribution in [-0.4, -0.2) is 70.5 Å². The minimum Gasteiger partial charge on any atom is -0.445 e. The molecule has 2 saturated heterocycles. The maximum atomic E-state index is 12.4. The number of hydrogen-bond donors (Lipinski definition) is 2. The van der Waals surface area contributed by atoms with Gasteiger partial charge in [-0.05, 0) is 12.8 Å². The molecule has 0 spiro atoms. The molecule has 3 atom stereocenters. The molecule has 0 aromatic rings. The summed E-state index contributed by atoms with van der Waals surface area (Å²) in [5, 5.41) is 9.47. The van der Waals surface area contributed by atoms with Gasteiger partial charge in [-0.1, -0.05) is 12.7 Å². The van der Waals surface area contributed by atoms with Gasteiger partial charge >= 0.3 is 6.09 Å². The molecule has 2 aliphatic heterocycles. The van der Waals surface area contributed by atoms with E-state index in [9.17, 15) is 14.7 Å². The lowest BCUT2D eigenvalue weighted by atomic mass is 10.2. The molecule has 2 fully saturated rings. The highest BCUT2D eigenvalue weighted by Gasteiger charge is 2.42. The van der Waals surface area contributed by atoms with Gasteiger partial charge in [0.05, 0.1) is 6.10 Å². The molecule has 112 valence electrons. The van der Waals surface area contributed by atoms with Crippen molar-refractivity contribution in [1.29, 1.82) is 0 Å². The van der Waals surface area contributed by atoms with Gasteiger partial charge in [-0.15, -0.1) is 0 Å². The van der Waals surface area contributed by atoms with Crippen molar-refractivity contribution < 1.29 is 19.4 Å². The Kier molecular flexibility index (Phi) is 4.93. The molecule has 1 N–H and O–H groups in total. The number of β-amino-alcohol motifs (C(OH)–C–C–N with tert-alkyl or cyclic N) is 1. The molecule has 0 aromatic carbocycles. The summed E-state index contributed by atoms with van der Waals surface area (Å²) < 4.78 is 5.00. The van der Waals surface area contributed by atoms with Gasteiger partial charge in [0.1, 0.15) is 12.6 Å². The Morgan fingerprint density at radius 1 is 1.45 bits per heavy atom. The summed E-state index contributed by atoms with van der Waals surface area (Å²) >= 11 is 4.36. The maximum Gasteiger partial charge on any atom is 0.410 e. The number of carbonyl (C=O) groups is 2. The van der Waals surface area contributed by atoms with Crippen LogP contribution in [0.5, 0.6) is 0 Å². The van der Waals surface area contributed by atoms with Crippen molar-refractivity contribution in [3.05, 3.63) is 12.7 Å². The molecule has 7 heteroatoms. The first-order valence-corrected chi connectivity index (χ1v) is 7.23. The fourth-order valence-corrected chi connectivity index (χ4v) is 2.99. The van der Waals surface area contributed by atoms with E-state index in [1.807, 2.05) is 0 Å². The van der Waals surface area contributed by atoms with Crippen LogP contribution in [0.4, 0.5) is 4.79 Å². The lowest BCUT2D eigenvalue weighted by Crippen LogP contribution is -2.47. The third kappa shape index (κ3) is 3.27. The SMILES string of the molecule is C=CCOC(=O)N1C[C@@H](S)C[C@H]1C(=O)N1CCC(O)C1. The first kappa shape index (κ1) is 15.2. The van der Waals surface area contributed by atoms with E-state index in [0.29, 0.717) is 32.5 Å². The summed E-state index contributed by atoms with van der Waals surface area (Å²) in [6.45, 7) is 4.87. The van der Waals surface area contributed by atoms with Gasteiger partial charge in [-0.25, -0.2) is 4.79 Å². The first-order chi connectivity index (χ1) is 9.52. The van der Waals surface area contributed by atoms with Gasteiger partial charge < -0.3 is 14.7 Å². The molecular formula is C13H20N2O4S. The smallest absolute Gasteiger partial charge is 0.410 e. The van der Waals surface area contributed by atoms with Gasteiger partial charge in [0, 0.05) is 24.9 Å². The number of rotatable bonds is 3. The van der Waals surface area contributed by atoms with Gasteiger partial charge in [-0.3, -0.25) is 9.69 Å². The largest absolute Gasteiger partial charge is 0.445 e. The molecule has 2 amide bonds. The first-order valence-electron chi connectivity index (χ1n) is 6.72. The van der Waals surface area contributed by atoms with Crippen molar-refractivity contribution in [3.8, 4) is 0 Å². The number of likely N-dealkylation sites (tertiary alicyclic amines) is 2. The zero-order valence-corrected chi connectivity index (χ0v) is 12.2. The summed E-state index contributed by atoms with van der Waals surface area (Å²) in [5.74, 6) is -0.131. The van der Waals surface area contributed by atoms with Crippen LogP contribution in [0.1, 0.15) is 12.8 Å². The van der Waals surface area contributed by atoms with Crippen LogP contribution in [0.25, 0.3) is 0 Å². The molecule has 2 rings (SSSR count). The number of amides is 2. The van der Waals surface area contributed by atoms with E-state index in [0.717, 1.165) is 0 Å². The topological polar surface area (TPSA) is 70.1 Å². The minimum atomic E-state index is -0.542. The fourth-order valence-electron chi connectivity index (χ4n) is 2.62. The predicted molar refractivity (Wildman–Crippen MR) is 76.6 cm³/mol. The summed E-state index contributed by atoms with van der Waals surface area (Å²) in [6.07, 6.45) is 1.61. The van der Waals surface area contributed by atoms with Crippen LogP contribution in [0.3, 0.4) is 0 Å². The summed E-state index contributed by atoms with van der Waals surface area (Å²) in [7, 11) is 0. The number of aliphatic hydroxyl groups is 1. The van der Waals surface area contributed by atoms with E-state index in [1.54, 1.807) is 4.90 Å². The maximum absolute atomic E-state index is 12.4. The molecule has 6 nitrogen and oxygen atoms in total. The molecule has 1 unspecified atom stereocenters. The highest BCUT2D eigenvalue weighted by Crippen LogP contribution is 2.25. The van der Waals surface area contributed by atoms with Gasteiger partial charge in [-0.2, -0.15) is 12.6 Å². The molecule has 20 heavy (non-hydrogen) atoms. The Balaban J connectivity index is 2.02. The van der Waals surface area contributed by atoms with E-state index in [1.165, 1.54) is 11.0 Å². The zero-order chi connectivity index (χ0) is 14.7. The van der Waals surface area contributed by atoms with Gasteiger partial charge in [0.25, 0.3) is 0 Å². The number of carbonyl (C=O) groups excluding carboxylic acids is 2. The molecule has 0 saturated carbocycles. The number of hydrogen-bond acceptors (Lipinski definition) is 5. The van der Waals surface area contributed by atoms with Crippen LogP contribution in [0.2, 0.25) is 0 Å². The summed E-state index contributed by atoms with van der Waals surface area (Å²) in [6, 6.07) is -0.542. The lowest BCUT2D eigenvalue weighted by molar-refractivity contribution is -0.134. The van der Waals surface area contributed by atoms with Crippen molar-refractivity contribution >= 4 is 24.6 Å².